The minimum atomic E-state index is 0.697. The van der Waals surface area contributed by atoms with E-state index in [1.165, 1.54) is 35.4 Å². The highest BCUT2D eigenvalue weighted by Crippen LogP contribution is 2.38. The second-order valence-electron chi connectivity index (χ2n) is 7.47. The summed E-state index contributed by atoms with van der Waals surface area (Å²) >= 11 is 1.72. The normalized spacial score (nSPS) is 17.8. The first-order valence-electron chi connectivity index (χ1n) is 10.00. The van der Waals surface area contributed by atoms with Crippen LogP contribution < -0.4 is 14.9 Å². The molecule has 1 aromatic carbocycles. The van der Waals surface area contributed by atoms with Crippen LogP contribution in [0, 0.1) is 13.8 Å². The van der Waals surface area contributed by atoms with E-state index < -0.39 is 0 Å². The number of nitrogens with zero attached hydrogens (tertiary/aromatic N) is 3. The third-order valence-electron chi connectivity index (χ3n) is 5.44. The highest BCUT2D eigenvalue weighted by atomic mass is 32.2. The van der Waals surface area contributed by atoms with E-state index in [0.29, 0.717) is 12.6 Å². The van der Waals surface area contributed by atoms with Gasteiger partial charge in [0.15, 0.2) is 16.7 Å². The van der Waals surface area contributed by atoms with E-state index in [4.69, 9.17) is 9.47 Å². The summed E-state index contributed by atoms with van der Waals surface area (Å²) in [6, 6.07) is 8.96. The lowest BCUT2D eigenvalue weighted by Gasteiger charge is -2.15. The van der Waals surface area contributed by atoms with Crippen molar-refractivity contribution in [1.29, 1.82) is 0 Å². The summed E-state index contributed by atoms with van der Waals surface area (Å²) in [5, 5.41) is 5.50. The Balaban J connectivity index is 1.37. The molecule has 0 atom stereocenters. The van der Waals surface area contributed by atoms with Crippen molar-refractivity contribution in [2.24, 2.45) is 10.1 Å². The molecular weight excluding hydrogens is 384 g/mol. The van der Waals surface area contributed by atoms with E-state index >= 15 is 0 Å². The van der Waals surface area contributed by atoms with Crippen LogP contribution in [0.3, 0.4) is 0 Å². The molecule has 154 valence electrons. The number of hydrogen-bond acceptors (Lipinski definition) is 5. The Bertz CT molecular complexity index is 960. The van der Waals surface area contributed by atoms with Gasteiger partial charge in [0.1, 0.15) is 0 Å². The van der Waals surface area contributed by atoms with Crippen molar-refractivity contribution in [1.82, 2.24) is 9.99 Å². The molecule has 6 nitrogen and oxygen atoms in total. The molecule has 0 unspecified atom stereocenters. The highest BCUT2D eigenvalue weighted by molar-refractivity contribution is 8.14. The molecule has 0 amide bonds. The molecule has 2 aromatic rings. The van der Waals surface area contributed by atoms with Gasteiger partial charge in [-0.15, -0.1) is 0 Å². The van der Waals surface area contributed by atoms with E-state index in [-0.39, 0.29) is 0 Å². The van der Waals surface area contributed by atoms with Gasteiger partial charge in [-0.2, -0.15) is 5.10 Å². The van der Waals surface area contributed by atoms with E-state index in [1.54, 1.807) is 26.0 Å². The quantitative estimate of drug-likeness (QED) is 0.744. The third kappa shape index (κ3) is 4.29. The molecule has 7 heteroatoms. The van der Waals surface area contributed by atoms with Crippen molar-refractivity contribution in [2.75, 3.05) is 26.5 Å². The molecule has 2 aliphatic rings. The fraction of sp³-hybridized carbons (Fsp3) is 0.455. The van der Waals surface area contributed by atoms with E-state index in [2.05, 4.69) is 46.1 Å². The SMILES string of the molecule is COc1ccc(CCN=C2NN=C(c3cc(C)n(C4CC4)c3C)CS2)cc1OC. The molecule has 1 aliphatic heterocycles. The lowest BCUT2D eigenvalue weighted by atomic mass is 10.1. The lowest BCUT2D eigenvalue weighted by molar-refractivity contribution is 0.354. The molecular formula is C22H28N4O2S. The Morgan fingerprint density at radius 1 is 1.17 bits per heavy atom. The van der Waals surface area contributed by atoms with Crippen LogP contribution in [0.25, 0.3) is 0 Å². The van der Waals surface area contributed by atoms with Gasteiger partial charge in [0, 0.05) is 35.3 Å². The van der Waals surface area contributed by atoms with Crippen LogP contribution in [0.15, 0.2) is 34.4 Å². The number of amidine groups is 1. The molecule has 0 radical (unpaired) electrons. The number of aromatic nitrogens is 1. The summed E-state index contributed by atoms with van der Waals surface area (Å²) in [5.41, 5.74) is 9.35. The molecule has 29 heavy (non-hydrogen) atoms. The Morgan fingerprint density at radius 2 is 1.97 bits per heavy atom. The maximum atomic E-state index is 5.37. The summed E-state index contributed by atoms with van der Waals surface area (Å²) in [6.45, 7) is 5.10. The van der Waals surface area contributed by atoms with E-state index in [0.717, 1.165) is 34.6 Å². The average molecular weight is 413 g/mol. The standard InChI is InChI=1S/C22H28N4O2S/c1-14-11-18(15(2)26(14)17-6-7-17)19-13-29-22(25-24-19)23-10-9-16-5-8-20(27-3)21(12-16)28-4/h5,8,11-12,17H,6-7,9-10,13H2,1-4H3,(H,23,25). The van der Waals surface area contributed by atoms with Crippen LogP contribution in [0.4, 0.5) is 0 Å². The van der Waals surface area contributed by atoms with Gasteiger partial charge in [-0.05, 0) is 56.9 Å². The second-order valence-corrected chi connectivity index (χ2v) is 8.44. The van der Waals surface area contributed by atoms with Crippen molar-refractivity contribution in [3.05, 3.63) is 46.8 Å². The van der Waals surface area contributed by atoms with Crippen LogP contribution in [0.5, 0.6) is 11.5 Å². The predicted octanol–water partition coefficient (Wildman–Crippen LogP) is 4.10. The fourth-order valence-electron chi connectivity index (χ4n) is 3.82. The van der Waals surface area contributed by atoms with Gasteiger partial charge in [-0.1, -0.05) is 17.8 Å². The van der Waals surface area contributed by atoms with Crippen molar-refractivity contribution in [3.8, 4) is 11.5 Å². The number of aliphatic imine (C=N–C) groups is 1. The van der Waals surface area contributed by atoms with Gasteiger partial charge in [-0.3, -0.25) is 10.4 Å². The van der Waals surface area contributed by atoms with E-state index in [9.17, 15) is 0 Å². The first-order valence-corrected chi connectivity index (χ1v) is 11.0. The number of nitrogens with one attached hydrogen (secondary N) is 1. The number of ether oxygens (including phenoxy) is 2. The van der Waals surface area contributed by atoms with Gasteiger partial charge in [0.2, 0.25) is 0 Å². The van der Waals surface area contributed by atoms with Gasteiger partial charge in [-0.25, -0.2) is 0 Å². The first-order chi connectivity index (χ1) is 14.1. The van der Waals surface area contributed by atoms with Crippen molar-refractivity contribution >= 4 is 22.6 Å². The predicted molar refractivity (Wildman–Crippen MR) is 120 cm³/mol. The van der Waals surface area contributed by atoms with Crippen LogP contribution in [0.2, 0.25) is 0 Å². The molecule has 0 spiro atoms. The average Bonchev–Trinajstić information content (AvgIpc) is 3.53. The summed E-state index contributed by atoms with van der Waals surface area (Å²) in [6.07, 6.45) is 3.43. The molecule has 1 aromatic heterocycles. The molecule has 1 fully saturated rings. The zero-order chi connectivity index (χ0) is 20.4. The number of thioether (sulfide) groups is 1. The second kappa shape index (κ2) is 8.53. The maximum Gasteiger partial charge on any atom is 0.177 e. The number of benzene rings is 1. The number of hydrogen-bond donors (Lipinski definition) is 1. The minimum Gasteiger partial charge on any atom is -0.493 e. The number of hydrazone groups is 1. The zero-order valence-corrected chi connectivity index (χ0v) is 18.3. The number of aryl methyl sites for hydroxylation is 1. The molecule has 1 N–H and O–H groups in total. The monoisotopic (exact) mass is 412 g/mol. The van der Waals surface area contributed by atoms with Crippen LogP contribution in [0.1, 0.15) is 41.4 Å². The van der Waals surface area contributed by atoms with Crippen molar-refractivity contribution < 1.29 is 9.47 Å². The molecule has 0 saturated heterocycles. The van der Waals surface area contributed by atoms with Gasteiger partial charge < -0.3 is 14.0 Å². The fourth-order valence-corrected chi connectivity index (χ4v) is 4.61. The highest BCUT2D eigenvalue weighted by Gasteiger charge is 2.28. The topological polar surface area (TPSA) is 60.1 Å². The Labute approximate surface area is 176 Å². The number of rotatable bonds is 7. The Hall–Kier alpha value is -2.41. The summed E-state index contributed by atoms with van der Waals surface area (Å²) in [4.78, 5) is 4.67. The molecule has 0 bridgehead atoms. The Kier molecular flexibility index (Phi) is 5.85. The van der Waals surface area contributed by atoms with Gasteiger partial charge in [0.25, 0.3) is 0 Å². The molecule has 4 rings (SSSR count). The van der Waals surface area contributed by atoms with Crippen LogP contribution >= 0.6 is 11.8 Å². The summed E-state index contributed by atoms with van der Waals surface area (Å²) in [5.74, 6) is 2.34. The largest absolute Gasteiger partial charge is 0.493 e. The first kappa shape index (κ1) is 19.9. The third-order valence-corrected chi connectivity index (χ3v) is 6.35. The minimum absolute atomic E-state index is 0.697. The molecule has 1 aliphatic carbocycles. The van der Waals surface area contributed by atoms with Crippen LogP contribution in [-0.4, -0.2) is 42.0 Å². The van der Waals surface area contributed by atoms with Crippen molar-refractivity contribution in [3.63, 3.8) is 0 Å². The zero-order valence-electron chi connectivity index (χ0n) is 17.5. The summed E-state index contributed by atoms with van der Waals surface area (Å²) < 4.78 is 13.1. The number of methoxy groups -OCH3 is 2. The smallest absolute Gasteiger partial charge is 0.177 e. The Morgan fingerprint density at radius 3 is 2.62 bits per heavy atom. The van der Waals surface area contributed by atoms with Crippen LogP contribution in [-0.2, 0) is 6.42 Å². The van der Waals surface area contributed by atoms with Gasteiger partial charge in [0.05, 0.1) is 19.9 Å². The van der Waals surface area contributed by atoms with Gasteiger partial charge >= 0.3 is 0 Å². The molecule has 2 heterocycles. The summed E-state index contributed by atoms with van der Waals surface area (Å²) in [7, 11) is 3.30. The van der Waals surface area contributed by atoms with Crippen molar-refractivity contribution in [2.45, 2.75) is 39.2 Å². The lowest BCUT2D eigenvalue weighted by Crippen LogP contribution is -2.26. The molecule has 1 saturated carbocycles. The maximum absolute atomic E-state index is 5.37. The van der Waals surface area contributed by atoms with E-state index in [1.807, 2.05) is 12.1 Å².